The summed E-state index contributed by atoms with van der Waals surface area (Å²) in [6.07, 6.45) is 0. The molecule has 0 N–H and O–H groups in total. The van der Waals surface area contributed by atoms with Gasteiger partial charge in [0.2, 0.25) is 0 Å². The van der Waals surface area contributed by atoms with Crippen molar-refractivity contribution in [3.8, 4) is 11.8 Å². The third-order valence-corrected chi connectivity index (χ3v) is 3.03. The number of hydrogen-bond donors (Lipinski definition) is 0. The van der Waals surface area contributed by atoms with Crippen LogP contribution in [0.15, 0.2) is 24.3 Å². The van der Waals surface area contributed by atoms with Crippen LogP contribution in [-0.4, -0.2) is 10.9 Å². The van der Waals surface area contributed by atoms with Crippen molar-refractivity contribution in [1.29, 1.82) is 0 Å². The number of rotatable bonds is 2. The zero-order valence-electron chi connectivity index (χ0n) is 8.42. The van der Waals surface area contributed by atoms with Crippen LogP contribution in [0.1, 0.15) is 18.1 Å². The number of carbonyl (C=O) groups excluding carboxylic acids is 1. The third-order valence-electron chi connectivity index (χ3n) is 1.73. The fraction of sp³-hybridized carbons (Fsp3) is 0.250. The molecule has 0 aliphatic rings. The summed E-state index contributed by atoms with van der Waals surface area (Å²) in [5.74, 6) is 6.61. The Morgan fingerprint density at radius 3 is 2.87 bits per heavy atom. The molecule has 0 fully saturated rings. The van der Waals surface area contributed by atoms with Gasteiger partial charge in [-0.3, -0.25) is 4.79 Å². The smallest absolute Gasteiger partial charge is 0.186 e. The second-order valence-corrected chi connectivity index (χ2v) is 4.59. The van der Waals surface area contributed by atoms with Crippen LogP contribution in [0, 0.1) is 11.8 Å². The predicted molar refractivity (Wildman–Crippen MR) is 69.1 cm³/mol. The van der Waals surface area contributed by atoms with E-state index in [4.69, 9.17) is 0 Å². The van der Waals surface area contributed by atoms with Crippen molar-refractivity contribution >= 4 is 32.8 Å². The zero-order valence-corrected chi connectivity index (χ0v) is 10.8. The van der Waals surface area contributed by atoms with Gasteiger partial charge in [0.05, 0.1) is 5.75 Å². The minimum atomic E-state index is 0.109. The second-order valence-electron chi connectivity index (χ2n) is 2.87. The Bertz CT molecular complexity index is 404. The summed E-state index contributed by atoms with van der Waals surface area (Å²) >= 11 is 4.65. The maximum atomic E-state index is 10.7. The van der Waals surface area contributed by atoms with E-state index in [2.05, 4.69) is 27.8 Å². The lowest BCUT2D eigenvalue weighted by atomic mass is 10.1. The lowest BCUT2D eigenvalue weighted by Crippen LogP contribution is -1.85. The first-order valence-corrected chi connectivity index (χ1v) is 6.61. The Morgan fingerprint density at radius 2 is 2.20 bits per heavy atom. The van der Waals surface area contributed by atoms with Crippen molar-refractivity contribution in [2.75, 3.05) is 5.75 Å². The highest BCUT2D eigenvalue weighted by Crippen LogP contribution is 2.11. The van der Waals surface area contributed by atoms with Crippen molar-refractivity contribution in [3.05, 3.63) is 35.4 Å². The fourth-order valence-electron chi connectivity index (χ4n) is 1.03. The van der Waals surface area contributed by atoms with E-state index in [0.29, 0.717) is 5.75 Å². The molecule has 0 radical (unpaired) electrons. The van der Waals surface area contributed by atoms with Gasteiger partial charge in [-0.25, -0.2) is 0 Å². The first-order valence-electron chi connectivity index (χ1n) is 4.50. The first kappa shape index (κ1) is 12.4. The average Bonchev–Trinajstić information content (AvgIpc) is 2.24. The van der Waals surface area contributed by atoms with E-state index in [-0.39, 0.29) is 5.12 Å². The summed E-state index contributed by atoms with van der Waals surface area (Å²) in [7, 11) is 0. The number of benzene rings is 1. The maximum absolute atomic E-state index is 10.7. The van der Waals surface area contributed by atoms with Gasteiger partial charge in [-0.05, 0) is 11.6 Å². The molecule has 0 aliphatic carbocycles. The molecule has 0 aromatic heterocycles. The van der Waals surface area contributed by atoms with Crippen LogP contribution in [0.3, 0.4) is 0 Å². The molecule has 0 spiro atoms. The van der Waals surface area contributed by atoms with E-state index in [0.717, 1.165) is 10.9 Å². The molecule has 1 aromatic rings. The van der Waals surface area contributed by atoms with Crippen molar-refractivity contribution in [2.24, 2.45) is 0 Å². The monoisotopic (exact) mass is 282 g/mol. The summed E-state index contributed by atoms with van der Waals surface area (Å²) in [5, 5.41) is 0.913. The van der Waals surface area contributed by atoms with Crippen molar-refractivity contribution in [2.45, 2.75) is 12.3 Å². The van der Waals surface area contributed by atoms with Crippen LogP contribution >= 0.6 is 27.7 Å². The Morgan fingerprint density at radius 1 is 1.47 bits per heavy atom. The molecule has 3 heteroatoms. The quantitative estimate of drug-likeness (QED) is 0.612. The Kier molecular flexibility index (Phi) is 5.52. The van der Waals surface area contributed by atoms with Gasteiger partial charge in [0, 0.05) is 17.8 Å². The Balaban J connectivity index is 2.66. The summed E-state index contributed by atoms with van der Waals surface area (Å²) in [4.78, 5) is 10.7. The molecule has 0 aliphatic heterocycles. The third kappa shape index (κ3) is 4.55. The maximum Gasteiger partial charge on any atom is 0.186 e. The summed E-state index contributed by atoms with van der Waals surface area (Å²) in [6.45, 7) is 1.55. The van der Waals surface area contributed by atoms with E-state index in [9.17, 15) is 4.79 Å². The number of hydrogen-bond acceptors (Lipinski definition) is 2. The van der Waals surface area contributed by atoms with Gasteiger partial charge in [-0.15, -0.1) is 0 Å². The van der Waals surface area contributed by atoms with Crippen molar-refractivity contribution < 1.29 is 4.79 Å². The van der Waals surface area contributed by atoms with Gasteiger partial charge < -0.3 is 0 Å². The molecule has 15 heavy (non-hydrogen) atoms. The highest BCUT2D eigenvalue weighted by Gasteiger charge is 1.95. The van der Waals surface area contributed by atoms with Gasteiger partial charge in [0.15, 0.2) is 5.12 Å². The minimum absolute atomic E-state index is 0.109. The van der Waals surface area contributed by atoms with Crippen LogP contribution in [0.5, 0.6) is 0 Å². The van der Waals surface area contributed by atoms with Gasteiger partial charge in [0.25, 0.3) is 0 Å². The largest absolute Gasteiger partial charge is 0.288 e. The molecule has 0 bridgehead atoms. The number of alkyl halides is 1. The van der Waals surface area contributed by atoms with E-state index < -0.39 is 0 Å². The average molecular weight is 283 g/mol. The molecular weight excluding hydrogens is 272 g/mol. The van der Waals surface area contributed by atoms with Crippen molar-refractivity contribution in [1.82, 2.24) is 0 Å². The van der Waals surface area contributed by atoms with Crippen LogP contribution in [0.25, 0.3) is 0 Å². The Hall–Kier alpha value is -0.720. The molecule has 1 rings (SSSR count). The van der Waals surface area contributed by atoms with Gasteiger partial charge in [-0.1, -0.05) is 57.7 Å². The van der Waals surface area contributed by atoms with E-state index in [1.54, 1.807) is 6.92 Å². The van der Waals surface area contributed by atoms with E-state index >= 15 is 0 Å². The normalized spacial score (nSPS) is 9.20. The fourth-order valence-corrected chi connectivity index (χ4v) is 1.86. The van der Waals surface area contributed by atoms with Gasteiger partial charge in [0.1, 0.15) is 0 Å². The lowest BCUT2D eigenvalue weighted by molar-refractivity contribution is -0.109. The summed E-state index contributed by atoms with van der Waals surface area (Å²) < 4.78 is 0. The number of thioether (sulfide) groups is 1. The highest BCUT2D eigenvalue weighted by molar-refractivity contribution is 9.08. The number of carbonyl (C=O) groups is 1. The highest BCUT2D eigenvalue weighted by atomic mass is 79.9. The Labute approximate surface area is 103 Å². The van der Waals surface area contributed by atoms with E-state index in [1.165, 1.54) is 17.3 Å². The molecular formula is C12H11BrOS. The molecule has 1 aromatic carbocycles. The molecule has 0 atom stereocenters. The van der Waals surface area contributed by atoms with Gasteiger partial charge >= 0.3 is 0 Å². The molecule has 0 heterocycles. The zero-order chi connectivity index (χ0) is 11.1. The molecule has 0 saturated heterocycles. The molecule has 78 valence electrons. The summed E-state index contributed by atoms with van der Waals surface area (Å²) in [6, 6.07) is 7.99. The predicted octanol–water partition coefficient (Wildman–Crippen LogP) is 3.21. The number of halogens is 1. The first-order chi connectivity index (χ1) is 7.24. The standard InChI is InChI=1S/C12H11BrOS/c1-10(14)15-8-4-7-11-5-2-3-6-12(11)9-13/h2-3,5-6H,8-9H2,1H3. The molecule has 0 unspecified atom stereocenters. The summed E-state index contributed by atoms with van der Waals surface area (Å²) in [5.41, 5.74) is 2.20. The minimum Gasteiger partial charge on any atom is -0.288 e. The second kappa shape index (κ2) is 6.71. The van der Waals surface area contributed by atoms with Crippen LogP contribution in [0.4, 0.5) is 0 Å². The van der Waals surface area contributed by atoms with E-state index in [1.807, 2.05) is 24.3 Å². The lowest BCUT2D eigenvalue weighted by Gasteiger charge is -1.97. The van der Waals surface area contributed by atoms with Gasteiger partial charge in [-0.2, -0.15) is 0 Å². The topological polar surface area (TPSA) is 17.1 Å². The molecule has 1 nitrogen and oxygen atoms in total. The molecule has 0 amide bonds. The van der Waals surface area contributed by atoms with Crippen molar-refractivity contribution in [3.63, 3.8) is 0 Å². The van der Waals surface area contributed by atoms with Crippen LogP contribution in [-0.2, 0) is 10.1 Å². The molecule has 0 saturated carbocycles. The van der Waals surface area contributed by atoms with Crippen LogP contribution in [0.2, 0.25) is 0 Å². The van der Waals surface area contributed by atoms with Crippen LogP contribution < -0.4 is 0 Å². The SMILES string of the molecule is CC(=O)SCC#Cc1ccccc1CBr.